The van der Waals surface area contributed by atoms with Crippen molar-refractivity contribution in [1.29, 1.82) is 0 Å². The molecule has 2 heterocycles. The lowest BCUT2D eigenvalue weighted by Gasteiger charge is -2.30. The first-order valence-corrected chi connectivity index (χ1v) is 10.4. The van der Waals surface area contributed by atoms with Crippen molar-refractivity contribution < 1.29 is 14.3 Å². The average molecular weight is 424 g/mol. The monoisotopic (exact) mass is 423 g/mol. The Hall–Kier alpha value is -1.79. The zero-order valence-corrected chi connectivity index (χ0v) is 18.5. The molecule has 2 fully saturated rings. The van der Waals surface area contributed by atoms with Gasteiger partial charge in [0, 0.05) is 13.0 Å². The highest BCUT2D eigenvalue weighted by atomic mass is 35.5. The van der Waals surface area contributed by atoms with Gasteiger partial charge in [0.2, 0.25) is 11.8 Å². The van der Waals surface area contributed by atoms with Crippen LogP contribution in [0.1, 0.15) is 44.6 Å². The predicted molar refractivity (Wildman–Crippen MR) is 118 cm³/mol. The molecule has 1 aromatic carbocycles. The number of nitrogens with one attached hydrogen (secondary N) is 2. The highest BCUT2D eigenvalue weighted by Crippen LogP contribution is 2.29. The van der Waals surface area contributed by atoms with Gasteiger partial charge in [-0.15, -0.1) is 12.4 Å². The number of carbonyl (C=O) groups is 2. The molecule has 0 aliphatic carbocycles. The minimum Gasteiger partial charge on any atom is -0.495 e. The van der Waals surface area contributed by atoms with Crippen LogP contribution in [0.5, 0.6) is 5.75 Å². The number of carbonyl (C=O) groups excluding carboxylic acids is 2. The van der Waals surface area contributed by atoms with Crippen LogP contribution in [0.3, 0.4) is 0 Å². The third-order valence-corrected chi connectivity index (χ3v) is 6.12. The van der Waals surface area contributed by atoms with E-state index in [4.69, 9.17) is 4.74 Å². The first kappa shape index (κ1) is 23.5. The van der Waals surface area contributed by atoms with E-state index >= 15 is 0 Å². The van der Waals surface area contributed by atoms with Crippen LogP contribution in [0.25, 0.3) is 0 Å². The molecule has 1 aromatic rings. The second-order valence-corrected chi connectivity index (χ2v) is 8.23. The number of hydrogen-bond acceptors (Lipinski definition) is 4. The Morgan fingerprint density at radius 2 is 2.10 bits per heavy atom. The fraction of sp³-hybridized carbons (Fsp3) is 0.636. The molecule has 2 saturated heterocycles. The lowest BCUT2D eigenvalue weighted by atomic mass is 9.85. The average Bonchev–Trinajstić information content (AvgIpc) is 3.19. The number of ether oxygens (including phenoxy) is 1. The third-order valence-electron chi connectivity index (χ3n) is 6.12. The molecule has 29 heavy (non-hydrogen) atoms. The van der Waals surface area contributed by atoms with Gasteiger partial charge in [-0.25, -0.2) is 0 Å². The maximum Gasteiger partial charge on any atom is 0.247 e. The van der Waals surface area contributed by atoms with E-state index < -0.39 is 6.04 Å². The van der Waals surface area contributed by atoms with Crippen LogP contribution in [0.2, 0.25) is 0 Å². The maximum atomic E-state index is 12.9. The summed E-state index contributed by atoms with van der Waals surface area (Å²) in [6.07, 6.45) is 4.46. The van der Waals surface area contributed by atoms with E-state index in [1.807, 2.05) is 25.1 Å². The van der Waals surface area contributed by atoms with Crippen molar-refractivity contribution in [1.82, 2.24) is 10.2 Å². The number of hydrogen-bond donors (Lipinski definition) is 2. The highest BCUT2D eigenvalue weighted by molar-refractivity contribution is 5.98. The van der Waals surface area contributed by atoms with Crippen molar-refractivity contribution >= 4 is 29.9 Å². The van der Waals surface area contributed by atoms with Gasteiger partial charge in [0.15, 0.2) is 0 Å². The van der Waals surface area contributed by atoms with Gasteiger partial charge < -0.3 is 20.3 Å². The lowest BCUT2D eigenvalue weighted by Crippen LogP contribution is -2.44. The van der Waals surface area contributed by atoms with Crippen LogP contribution in [-0.2, 0) is 9.59 Å². The Bertz CT molecular complexity index is 707. The number of halogens is 1. The number of benzene rings is 1. The summed E-state index contributed by atoms with van der Waals surface area (Å²) in [6.45, 7) is 6.87. The standard InChI is InChI=1S/C22H33N3O3.ClH/c1-15-8-9-20(28-3)18(12-15)24-22(27)19-7-5-11-25(19)21(26)13-16(2)17-6-4-10-23-14-17;/h8-9,12,16-17,19,23H,4-7,10-11,13-14H2,1-3H3,(H,24,27);1H. The SMILES string of the molecule is COc1ccc(C)cc1NC(=O)C1CCCN1C(=O)CC(C)C1CCCNC1.Cl. The molecule has 2 aliphatic rings. The Labute approximate surface area is 180 Å². The molecule has 0 radical (unpaired) electrons. The Morgan fingerprint density at radius 3 is 2.79 bits per heavy atom. The molecule has 0 aromatic heterocycles. The molecule has 0 bridgehead atoms. The molecule has 0 saturated carbocycles. The van der Waals surface area contributed by atoms with E-state index in [0.717, 1.165) is 25.1 Å². The molecule has 7 heteroatoms. The summed E-state index contributed by atoms with van der Waals surface area (Å²) in [5.41, 5.74) is 1.71. The van der Waals surface area contributed by atoms with Crippen molar-refractivity contribution in [2.45, 2.75) is 52.0 Å². The minimum absolute atomic E-state index is 0. The van der Waals surface area contributed by atoms with Crippen molar-refractivity contribution in [3.63, 3.8) is 0 Å². The van der Waals surface area contributed by atoms with Gasteiger partial charge in [-0.1, -0.05) is 13.0 Å². The highest BCUT2D eigenvalue weighted by Gasteiger charge is 2.35. The molecule has 2 aliphatic heterocycles. The van der Waals surface area contributed by atoms with E-state index in [1.165, 1.54) is 12.8 Å². The number of piperidine rings is 1. The summed E-state index contributed by atoms with van der Waals surface area (Å²) in [6, 6.07) is 5.30. The molecule has 162 valence electrons. The van der Waals surface area contributed by atoms with Crippen LogP contribution in [0.4, 0.5) is 5.69 Å². The zero-order chi connectivity index (χ0) is 20.1. The molecule has 6 nitrogen and oxygen atoms in total. The molecule has 3 unspecified atom stereocenters. The summed E-state index contributed by atoms with van der Waals surface area (Å²) in [5, 5.41) is 6.41. The van der Waals surface area contributed by atoms with Gasteiger partial charge in [-0.05, 0) is 75.2 Å². The predicted octanol–water partition coefficient (Wildman–Crippen LogP) is 3.38. The number of anilines is 1. The number of aryl methyl sites for hydroxylation is 1. The van der Waals surface area contributed by atoms with Crippen LogP contribution >= 0.6 is 12.4 Å². The molecule has 3 rings (SSSR count). The quantitative estimate of drug-likeness (QED) is 0.735. The van der Waals surface area contributed by atoms with Gasteiger partial charge in [-0.3, -0.25) is 9.59 Å². The fourth-order valence-corrected chi connectivity index (χ4v) is 4.40. The molecule has 2 amide bonds. The number of amides is 2. The van der Waals surface area contributed by atoms with E-state index in [9.17, 15) is 9.59 Å². The normalized spacial score (nSPS) is 22.5. The smallest absolute Gasteiger partial charge is 0.247 e. The summed E-state index contributed by atoms with van der Waals surface area (Å²) in [4.78, 5) is 27.7. The first-order valence-electron chi connectivity index (χ1n) is 10.4. The van der Waals surface area contributed by atoms with Gasteiger partial charge in [0.25, 0.3) is 0 Å². The van der Waals surface area contributed by atoms with Crippen molar-refractivity contribution in [2.75, 3.05) is 32.1 Å². The molecular weight excluding hydrogens is 390 g/mol. The van der Waals surface area contributed by atoms with E-state index in [-0.39, 0.29) is 24.2 Å². The molecular formula is C22H34ClN3O3. The van der Waals surface area contributed by atoms with E-state index in [0.29, 0.717) is 42.7 Å². The molecule has 0 spiro atoms. The minimum atomic E-state index is -0.394. The topological polar surface area (TPSA) is 70.7 Å². The van der Waals surface area contributed by atoms with Gasteiger partial charge in [0.1, 0.15) is 11.8 Å². The van der Waals surface area contributed by atoms with Crippen LogP contribution < -0.4 is 15.4 Å². The van der Waals surface area contributed by atoms with Crippen LogP contribution in [0.15, 0.2) is 18.2 Å². The van der Waals surface area contributed by atoms with Crippen molar-refractivity contribution in [3.05, 3.63) is 23.8 Å². The Morgan fingerprint density at radius 1 is 1.31 bits per heavy atom. The first-order chi connectivity index (χ1) is 13.5. The maximum absolute atomic E-state index is 12.9. The second-order valence-electron chi connectivity index (χ2n) is 8.23. The second kappa shape index (κ2) is 10.8. The summed E-state index contributed by atoms with van der Waals surface area (Å²) >= 11 is 0. The van der Waals surface area contributed by atoms with Crippen molar-refractivity contribution in [3.8, 4) is 5.75 Å². The summed E-state index contributed by atoms with van der Waals surface area (Å²) in [7, 11) is 1.59. The van der Waals surface area contributed by atoms with E-state index in [1.54, 1.807) is 12.0 Å². The molecule has 2 N–H and O–H groups in total. The van der Waals surface area contributed by atoms with Gasteiger partial charge in [-0.2, -0.15) is 0 Å². The van der Waals surface area contributed by atoms with E-state index in [2.05, 4.69) is 17.6 Å². The Balaban J connectivity index is 0.00000300. The largest absolute Gasteiger partial charge is 0.495 e. The number of rotatable bonds is 6. The van der Waals surface area contributed by atoms with Crippen molar-refractivity contribution in [2.24, 2.45) is 11.8 Å². The summed E-state index contributed by atoms with van der Waals surface area (Å²) in [5.74, 6) is 1.49. The molecule has 3 atom stereocenters. The van der Waals surface area contributed by atoms with Crippen LogP contribution in [-0.4, -0.2) is 49.5 Å². The zero-order valence-electron chi connectivity index (χ0n) is 17.7. The third kappa shape index (κ3) is 5.86. The summed E-state index contributed by atoms with van der Waals surface area (Å²) < 4.78 is 5.36. The number of methoxy groups -OCH3 is 1. The van der Waals surface area contributed by atoms with Gasteiger partial charge >= 0.3 is 0 Å². The van der Waals surface area contributed by atoms with Crippen LogP contribution in [0, 0.1) is 18.8 Å². The fourth-order valence-electron chi connectivity index (χ4n) is 4.40. The number of nitrogens with zero attached hydrogens (tertiary/aromatic N) is 1. The van der Waals surface area contributed by atoms with Gasteiger partial charge in [0.05, 0.1) is 12.8 Å². The lowest BCUT2D eigenvalue weighted by molar-refractivity contribution is -0.137. The number of likely N-dealkylation sites (tertiary alicyclic amines) is 1. The Kier molecular flexibility index (Phi) is 8.78.